The maximum atomic E-state index is 14.0. The molecular weight excluding hydrogens is 470 g/mol. The summed E-state index contributed by atoms with van der Waals surface area (Å²) in [5.74, 6) is -12.4. The molecule has 1 N–H and O–H groups in total. The minimum atomic E-state index is -2.55. The SMILES string of the molecule is CCOC(=O)[C@@H](c1ccccc1)[C@@]1(NC(=O)c2ccccc2)C(=O)[C@@H](C(=O)OC)C(=O)[C@H]1C(=O)OC. The van der Waals surface area contributed by atoms with Crippen molar-refractivity contribution in [3.8, 4) is 0 Å². The van der Waals surface area contributed by atoms with Crippen LogP contribution in [-0.4, -0.2) is 61.7 Å². The van der Waals surface area contributed by atoms with E-state index in [1.165, 1.54) is 31.2 Å². The first kappa shape index (κ1) is 26.3. The maximum absolute atomic E-state index is 14.0. The van der Waals surface area contributed by atoms with Crippen molar-refractivity contribution >= 4 is 35.4 Å². The Balaban J connectivity index is 2.36. The number of hydrogen-bond donors (Lipinski definition) is 1. The molecule has 3 rings (SSSR count). The molecule has 1 amide bonds. The van der Waals surface area contributed by atoms with Crippen LogP contribution in [0.25, 0.3) is 0 Å². The maximum Gasteiger partial charge on any atom is 0.323 e. The summed E-state index contributed by atoms with van der Waals surface area (Å²) in [5.41, 5.74) is -2.30. The van der Waals surface area contributed by atoms with E-state index in [4.69, 9.17) is 9.47 Å². The number of methoxy groups -OCH3 is 2. The lowest BCUT2D eigenvalue weighted by molar-refractivity contribution is -0.156. The summed E-state index contributed by atoms with van der Waals surface area (Å²) >= 11 is 0. The normalized spacial score (nSPS) is 21.9. The molecule has 1 aliphatic rings. The Morgan fingerprint density at radius 2 is 1.44 bits per heavy atom. The number of carbonyl (C=O) groups excluding carboxylic acids is 6. The molecule has 0 unspecified atom stereocenters. The first-order valence-electron chi connectivity index (χ1n) is 11.1. The van der Waals surface area contributed by atoms with E-state index in [-0.39, 0.29) is 17.7 Å². The fourth-order valence-electron chi connectivity index (χ4n) is 4.48. The third-order valence-corrected chi connectivity index (χ3v) is 6.03. The van der Waals surface area contributed by atoms with Gasteiger partial charge in [0.2, 0.25) is 0 Å². The van der Waals surface area contributed by atoms with Crippen molar-refractivity contribution in [2.75, 3.05) is 20.8 Å². The minimum Gasteiger partial charge on any atom is -0.468 e. The quantitative estimate of drug-likeness (QED) is 0.325. The lowest BCUT2D eigenvalue weighted by atomic mass is 9.71. The van der Waals surface area contributed by atoms with Gasteiger partial charge in [0.15, 0.2) is 17.5 Å². The van der Waals surface area contributed by atoms with Gasteiger partial charge in [0.1, 0.15) is 17.4 Å². The van der Waals surface area contributed by atoms with Crippen molar-refractivity contribution in [2.24, 2.45) is 11.8 Å². The van der Waals surface area contributed by atoms with Crippen LogP contribution in [-0.2, 0) is 38.2 Å². The molecule has 10 heteroatoms. The molecule has 0 saturated heterocycles. The lowest BCUT2D eigenvalue weighted by Gasteiger charge is -2.38. The zero-order chi connectivity index (χ0) is 26.5. The van der Waals surface area contributed by atoms with Crippen molar-refractivity contribution in [2.45, 2.75) is 18.4 Å². The van der Waals surface area contributed by atoms with Crippen LogP contribution < -0.4 is 5.32 Å². The van der Waals surface area contributed by atoms with E-state index in [1.54, 1.807) is 36.4 Å². The largest absolute Gasteiger partial charge is 0.468 e. The number of nitrogens with one attached hydrogen (secondary N) is 1. The van der Waals surface area contributed by atoms with E-state index >= 15 is 0 Å². The Bertz CT molecular complexity index is 1180. The number of hydrogen-bond acceptors (Lipinski definition) is 9. The average molecular weight is 495 g/mol. The molecule has 2 aromatic rings. The number of ketones is 2. The Morgan fingerprint density at radius 1 is 0.889 bits per heavy atom. The molecule has 1 saturated carbocycles. The van der Waals surface area contributed by atoms with E-state index in [0.29, 0.717) is 0 Å². The number of Topliss-reactive ketones (excluding diaryl/α,β-unsaturated/α-hetero) is 2. The number of rotatable bonds is 8. The van der Waals surface area contributed by atoms with Crippen molar-refractivity contribution in [1.82, 2.24) is 5.32 Å². The van der Waals surface area contributed by atoms with Crippen LogP contribution in [0, 0.1) is 11.8 Å². The highest BCUT2D eigenvalue weighted by Gasteiger charge is 2.71. The number of benzene rings is 2. The van der Waals surface area contributed by atoms with Crippen LogP contribution in [0.5, 0.6) is 0 Å². The fourth-order valence-corrected chi connectivity index (χ4v) is 4.48. The number of carbonyl (C=O) groups is 6. The second kappa shape index (κ2) is 10.9. The molecule has 0 aliphatic heterocycles. The van der Waals surface area contributed by atoms with Crippen molar-refractivity contribution < 1.29 is 43.0 Å². The van der Waals surface area contributed by atoms with Gasteiger partial charge < -0.3 is 19.5 Å². The highest BCUT2D eigenvalue weighted by molar-refractivity contribution is 6.32. The highest BCUT2D eigenvalue weighted by Crippen LogP contribution is 2.46. The average Bonchev–Trinajstić information content (AvgIpc) is 3.10. The van der Waals surface area contributed by atoms with Gasteiger partial charge in [0, 0.05) is 5.56 Å². The third-order valence-electron chi connectivity index (χ3n) is 6.03. The molecule has 0 aromatic heterocycles. The second-order valence-electron chi connectivity index (χ2n) is 7.96. The minimum absolute atomic E-state index is 0.0814. The number of amides is 1. The van der Waals surface area contributed by atoms with Gasteiger partial charge in [-0.15, -0.1) is 0 Å². The summed E-state index contributed by atoms with van der Waals surface area (Å²) in [6.07, 6.45) is 0. The van der Waals surface area contributed by atoms with E-state index < -0.39 is 58.7 Å². The Morgan fingerprint density at radius 3 is 1.97 bits per heavy atom. The number of esters is 3. The van der Waals surface area contributed by atoms with E-state index in [2.05, 4.69) is 10.1 Å². The summed E-state index contributed by atoms with van der Waals surface area (Å²) in [7, 11) is 1.95. The number of ether oxygens (including phenoxy) is 3. The molecule has 0 spiro atoms. The molecule has 0 bridgehead atoms. The van der Waals surface area contributed by atoms with Gasteiger partial charge in [-0.2, -0.15) is 0 Å². The Labute approximate surface area is 206 Å². The van der Waals surface area contributed by atoms with Crippen LogP contribution in [0.2, 0.25) is 0 Å². The summed E-state index contributed by atoms with van der Waals surface area (Å²) < 4.78 is 14.7. The van der Waals surface area contributed by atoms with Gasteiger partial charge >= 0.3 is 17.9 Å². The first-order chi connectivity index (χ1) is 17.2. The van der Waals surface area contributed by atoms with E-state index in [0.717, 1.165) is 14.2 Å². The standard InChI is InChI=1S/C26H25NO9/c1-4-36-25(33)18(15-11-7-5-8-12-15)26(27-22(30)16-13-9-6-10-14-16)19(24(32)35-3)20(28)17(21(26)29)23(31)34-2/h5-14,17-19H,4H2,1-3H3,(H,27,30)/t17-,18+,19-,26-/m0/s1. The molecule has 0 radical (unpaired) electrons. The summed E-state index contributed by atoms with van der Waals surface area (Å²) in [6.45, 7) is 1.43. The van der Waals surface area contributed by atoms with E-state index in [1.807, 2.05) is 0 Å². The van der Waals surface area contributed by atoms with Crippen LogP contribution in [0.15, 0.2) is 60.7 Å². The second-order valence-corrected chi connectivity index (χ2v) is 7.96. The lowest BCUT2D eigenvalue weighted by Crippen LogP contribution is -2.64. The van der Waals surface area contributed by atoms with Gasteiger partial charge in [0.25, 0.3) is 5.91 Å². The zero-order valence-electron chi connectivity index (χ0n) is 19.9. The van der Waals surface area contributed by atoms with Crippen LogP contribution in [0.1, 0.15) is 28.8 Å². The molecule has 1 aliphatic carbocycles. The Kier molecular flexibility index (Phi) is 7.98. The highest BCUT2D eigenvalue weighted by atomic mass is 16.5. The Hall–Kier alpha value is -4.34. The van der Waals surface area contributed by atoms with Gasteiger partial charge in [0.05, 0.1) is 20.8 Å². The van der Waals surface area contributed by atoms with Gasteiger partial charge in [-0.3, -0.25) is 28.8 Å². The van der Waals surface area contributed by atoms with Crippen LogP contribution in [0.3, 0.4) is 0 Å². The van der Waals surface area contributed by atoms with Crippen molar-refractivity contribution in [3.05, 3.63) is 71.8 Å². The molecule has 4 atom stereocenters. The molecule has 36 heavy (non-hydrogen) atoms. The predicted molar refractivity (Wildman–Crippen MR) is 123 cm³/mol. The van der Waals surface area contributed by atoms with Gasteiger partial charge in [-0.25, -0.2) is 0 Å². The monoisotopic (exact) mass is 495 g/mol. The van der Waals surface area contributed by atoms with Gasteiger partial charge in [-0.1, -0.05) is 48.5 Å². The van der Waals surface area contributed by atoms with Crippen molar-refractivity contribution in [3.63, 3.8) is 0 Å². The van der Waals surface area contributed by atoms with Crippen molar-refractivity contribution in [1.29, 1.82) is 0 Å². The third kappa shape index (κ3) is 4.49. The van der Waals surface area contributed by atoms with E-state index in [9.17, 15) is 28.8 Å². The summed E-state index contributed by atoms with van der Waals surface area (Å²) in [4.78, 5) is 79.8. The summed E-state index contributed by atoms with van der Waals surface area (Å²) in [5, 5.41) is 2.48. The van der Waals surface area contributed by atoms with Crippen LogP contribution in [0.4, 0.5) is 0 Å². The molecule has 0 heterocycles. The predicted octanol–water partition coefficient (Wildman–Crippen LogP) is 1.23. The molecular formula is C26H25NO9. The summed E-state index contributed by atoms with van der Waals surface area (Å²) in [6, 6.07) is 15.4. The zero-order valence-corrected chi connectivity index (χ0v) is 19.9. The molecule has 2 aromatic carbocycles. The van der Waals surface area contributed by atoms with Gasteiger partial charge in [-0.05, 0) is 24.6 Å². The topological polar surface area (TPSA) is 142 Å². The molecule has 10 nitrogen and oxygen atoms in total. The smallest absolute Gasteiger partial charge is 0.323 e. The molecule has 188 valence electrons. The molecule has 1 fully saturated rings. The fraction of sp³-hybridized carbons (Fsp3) is 0.308. The van der Waals surface area contributed by atoms with Crippen LogP contribution >= 0.6 is 0 Å². The first-order valence-corrected chi connectivity index (χ1v) is 11.1.